The highest BCUT2D eigenvalue weighted by Crippen LogP contribution is 2.28. The van der Waals surface area contributed by atoms with Gasteiger partial charge in [0.15, 0.2) is 22.8 Å². The molecule has 0 bridgehead atoms. The topological polar surface area (TPSA) is 56.0 Å². The van der Waals surface area contributed by atoms with Crippen LogP contribution in [0.5, 0.6) is 0 Å². The molecule has 0 N–H and O–H groups in total. The Bertz CT molecular complexity index is 613. The van der Waals surface area contributed by atoms with Crippen molar-refractivity contribution in [3.8, 4) is 0 Å². The molecule has 2 aromatic heterocycles. The van der Waals surface area contributed by atoms with Gasteiger partial charge in [0, 0.05) is 6.54 Å². The SMILES string of the molecule is FC(F)(F)c1cnc2c(n1)nc1n2CCN=C1. The number of hydrogen-bond donors (Lipinski definition) is 0. The lowest BCUT2D eigenvalue weighted by atomic mass is 10.4. The van der Waals surface area contributed by atoms with Crippen molar-refractivity contribution in [2.75, 3.05) is 6.54 Å². The van der Waals surface area contributed by atoms with E-state index in [0.29, 0.717) is 24.6 Å². The standard InChI is InChI=1S/C9H6F3N5/c10-9(11,12)5-3-14-8-7(15-5)16-6-4-13-1-2-17(6)8/h3-4H,1-2H2. The van der Waals surface area contributed by atoms with Gasteiger partial charge in [0.2, 0.25) is 0 Å². The zero-order valence-corrected chi connectivity index (χ0v) is 8.44. The molecule has 3 rings (SSSR count). The minimum absolute atomic E-state index is 0.00294. The Balaban J connectivity index is 2.22. The van der Waals surface area contributed by atoms with Gasteiger partial charge in [0.25, 0.3) is 0 Å². The molecule has 0 saturated heterocycles. The van der Waals surface area contributed by atoms with E-state index < -0.39 is 11.9 Å². The van der Waals surface area contributed by atoms with Crippen molar-refractivity contribution < 1.29 is 13.2 Å². The maximum absolute atomic E-state index is 12.4. The number of alkyl halides is 3. The zero-order valence-electron chi connectivity index (χ0n) is 8.44. The van der Waals surface area contributed by atoms with E-state index in [9.17, 15) is 13.2 Å². The molecule has 0 amide bonds. The largest absolute Gasteiger partial charge is 0.434 e. The third-order valence-electron chi connectivity index (χ3n) is 2.44. The van der Waals surface area contributed by atoms with Gasteiger partial charge < -0.3 is 4.57 Å². The summed E-state index contributed by atoms with van der Waals surface area (Å²) >= 11 is 0. The van der Waals surface area contributed by atoms with Gasteiger partial charge in [0.05, 0.1) is 19.0 Å². The Morgan fingerprint density at radius 3 is 2.82 bits per heavy atom. The number of imidazole rings is 1. The predicted octanol–water partition coefficient (Wildman–Crippen LogP) is 1.28. The molecule has 8 heteroatoms. The van der Waals surface area contributed by atoms with Crippen molar-refractivity contribution >= 4 is 17.5 Å². The average Bonchev–Trinajstić information content (AvgIpc) is 2.65. The summed E-state index contributed by atoms with van der Waals surface area (Å²) in [5, 5.41) is 0. The fourth-order valence-corrected chi connectivity index (χ4v) is 1.68. The molecule has 5 nitrogen and oxygen atoms in total. The van der Waals surface area contributed by atoms with Crippen molar-refractivity contribution in [1.82, 2.24) is 19.5 Å². The molecule has 0 aliphatic carbocycles. The van der Waals surface area contributed by atoms with E-state index in [1.165, 1.54) is 6.21 Å². The summed E-state index contributed by atoms with van der Waals surface area (Å²) in [6.07, 6.45) is -2.26. The van der Waals surface area contributed by atoms with Crippen molar-refractivity contribution in [2.24, 2.45) is 4.99 Å². The molecular formula is C9H6F3N5. The molecule has 2 aromatic rings. The van der Waals surface area contributed by atoms with Crippen LogP contribution in [0.3, 0.4) is 0 Å². The van der Waals surface area contributed by atoms with Gasteiger partial charge in [-0.3, -0.25) is 4.99 Å². The quantitative estimate of drug-likeness (QED) is 0.698. The van der Waals surface area contributed by atoms with Crippen LogP contribution in [0.1, 0.15) is 11.5 Å². The van der Waals surface area contributed by atoms with Crippen molar-refractivity contribution in [1.29, 1.82) is 0 Å². The minimum Gasteiger partial charge on any atom is -0.305 e. The van der Waals surface area contributed by atoms with Crippen molar-refractivity contribution in [2.45, 2.75) is 12.7 Å². The Morgan fingerprint density at radius 2 is 2.06 bits per heavy atom. The second-order valence-electron chi connectivity index (χ2n) is 3.56. The lowest BCUT2D eigenvalue weighted by Crippen LogP contribution is -2.12. The monoisotopic (exact) mass is 241 g/mol. The first-order valence-electron chi connectivity index (χ1n) is 4.86. The number of hydrogen-bond acceptors (Lipinski definition) is 4. The Hall–Kier alpha value is -1.99. The highest BCUT2D eigenvalue weighted by Gasteiger charge is 2.33. The molecule has 0 saturated carbocycles. The van der Waals surface area contributed by atoms with Crippen LogP contribution in [-0.2, 0) is 12.7 Å². The number of nitrogens with zero attached hydrogens (tertiary/aromatic N) is 5. The van der Waals surface area contributed by atoms with E-state index in [4.69, 9.17) is 0 Å². The van der Waals surface area contributed by atoms with E-state index in [1.807, 2.05) is 0 Å². The summed E-state index contributed by atoms with van der Waals surface area (Å²) < 4.78 is 39.0. The van der Waals surface area contributed by atoms with Crippen molar-refractivity contribution in [3.63, 3.8) is 0 Å². The summed E-state index contributed by atoms with van der Waals surface area (Å²) in [6.45, 7) is 1.13. The second-order valence-corrected chi connectivity index (χ2v) is 3.56. The van der Waals surface area contributed by atoms with Crippen LogP contribution in [0.4, 0.5) is 13.2 Å². The normalized spacial score (nSPS) is 15.2. The molecule has 1 aliphatic heterocycles. The second kappa shape index (κ2) is 3.25. The van der Waals surface area contributed by atoms with Gasteiger partial charge in [-0.05, 0) is 0 Å². The van der Waals surface area contributed by atoms with Crippen LogP contribution in [-0.4, -0.2) is 32.3 Å². The summed E-state index contributed by atoms with van der Waals surface area (Å²) in [5.74, 6) is 0.491. The van der Waals surface area contributed by atoms with E-state index in [-0.39, 0.29) is 5.65 Å². The first-order valence-corrected chi connectivity index (χ1v) is 4.86. The van der Waals surface area contributed by atoms with E-state index >= 15 is 0 Å². The predicted molar refractivity (Wildman–Crippen MR) is 52.8 cm³/mol. The van der Waals surface area contributed by atoms with Crippen LogP contribution in [0, 0.1) is 0 Å². The third-order valence-corrected chi connectivity index (χ3v) is 2.44. The van der Waals surface area contributed by atoms with Gasteiger partial charge in [-0.15, -0.1) is 0 Å². The lowest BCUT2D eigenvalue weighted by molar-refractivity contribution is -0.141. The van der Waals surface area contributed by atoms with Crippen LogP contribution in [0.2, 0.25) is 0 Å². The zero-order chi connectivity index (χ0) is 12.0. The van der Waals surface area contributed by atoms with Gasteiger partial charge >= 0.3 is 6.18 Å². The molecule has 3 heterocycles. The van der Waals surface area contributed by atoms with Gasteiger partial charge in [0.1, 0.15) is 0 Å². The van der Waals surface area contributed by atoms with Crippen molar-refractivity contribution in [3.05, 3.63) is 17.7 Å². The highest BCUT2D eigenvalue weighted by atomic mass is 19.4. The number of aromatic nitrogens is 4. The first kappa shape index (κ1) is 10.2. The molecule has 0 atom stereocenters. The molecule has 0 aromatic carbocycles. The fraction of sp³-hybridized carbons (Fsp3) is 0.333. The molecule has 0 spiro atoms. The van der Waals surface area contributed by atoms with Crippen LogP contribution < -0.4 is 0 Å². The third kappa shape index (κ3) is 1.56. The molecule has 0 unspecified atom stereocenters. The Kier molecular flexibility index (Phi) is 1.95. The molecule has 17 heavy (non-hydrogen) atoms. The molecule has 1 aliphatic rings. The number of fused-ring (bicyclic) bond motifs is 3. The van der Waals surface area contributed by atoms with E-state index in [2.05, 4.69) is 19.9 Å². The maximum Gasteiger partial charge on any atom is 0.434 e. The maximum atomic E-state index is 12.4. The number of rotatable bonds is 0. The van der Waals surface area contributed by atoms with Crippen LogP contribution in [0.15, 0.2) is 11.2 Å². The Labute approximate surface area is 93.0 Å². The fourth-order valence-electron chi connectivity index (χ4n) is 1.68. The lowest BCUT2D eigenvalue weighted by Gasteiger charge is -2.07. The van der Waals surface area contributed by atoms with Gasteiger partial charge in [-0.2, -0.15) is 13.2 Å². The molecular weight excluding hydrogens is 235 g/mol. The summed E-state index contributed by atoms with van der Waals surface area (Å²) in [7, 11) is 0. The Morgan fingerprint density at radius 1 is 1.24 bits per heavy atom. The highest BCUT2D eigenvalue weighted by molar-refractivity contribution is 5.82. The summed E-state index contributed by atoms with van der Waals surface area (Å²) in [6, 6.07) is 0. The molecule has 0 fully saturated rings. The summed E-state index contributed by atoms with van der Waals surface area (Å²) in [5.41, 5.74) is -0.667. The van der Waals surface area contributed by atoms with E-state index in [0.717, 1.165) is 6.20 Å². The first-order chi connectivity index (χ1) is 8.05. The summed E-state index contributed by atoms with van der Waals surface area (Å²) in [4.78, 5) is 15.2. The molecule has 0 radical (unpaired) electrons. The van der Waals surface area contributed by atoms with Crippen LogP contribution >= 0.6 is 0 Å². The average molecular weight is 241 g/mol. The van der Waals surface area contributed by atoms with Gasteiger partial charge in [-0.25, -0.2) is 15.0 Å². The molecule has 88 valence electrons. The minimum atomic E-state index is -4.50. The smallest absolute Gasteiger partial charge is 0.305 e. The van der Waals surface area contributed by atoms with Crippen LogP contribution in [0.25, 0.3) is 11.3 Å². The van der Waals surface area contributed by atoms with E-state index in [1.54, 1.807) is 4.57 Å². The van der Waals surface area contributed by atoms with Gasteiger partial charge in [-0.1, -0.05) is 0 Å². The number of aliphatic imine (C=N–C) groups is 1. The number of halogens is 3.